The van der Waals surface area contributed by atoms with Gasteiger partial charge in [-0.3, -0.25) is 9.69 Å². The van der Waals surface area contributed by atoms with E-state index in [1.165, 1.54) is 0 Å². The number of ether oxygens (including phenoxy) is 1. The monoisotopic (exact) mass is 444 g/mol. The number of H-pyrrole nitrogens is 1. The van der Waals surface area contributed by atoms with Crippen LogP contribution in [0.1, 0.15) is 21.5 Å². The van der Waals surface area contributed by atoms with E-state index in [0.717, 1.165) is 27.8 Å². The third kappa shape index (κ3) is 5.34. The summed E-state index contributed by atoms with van der Waals surface area (Å²) in [5.74, 6) is 0.600. The Kier molecular flexibility index (Phi) is 6.92. The zero-order chi connectivity index (χ0) is 23.2. The van der Waals surface area contributed by atoms with Gasteiger partial charge >= 0.3 is 0 Å². The molecule has 0 atom stereocenters. The number of carbonyl (C=O) groups is 1. The van der Waals surface area contributed by atoms with Gasteiger partial charge in [0.2, 0.25) is 0 Å². The van der Waals surface area contributed by atoms with Crippen LogP contribution in [0.2, 0.25) is 0 Å². The summed E-state index contributed by atoms with van der Waals surface area (Å²) in [6, 6.07) is 20.6. The van der Waals surface area contributed by atoms with Crippen molar-refractivity contribution in [3.05, 3.63) is 89.6 Å². The van der Waals surface area contributed by atoms with E-state index in [1.807, 2.05) is 48.7 Å². The fourth-order valence-electron chi connectivity index (χ4n) is 3.84. The number of nitrogens with two attached hydrogens (primary N) is 1. The molecular weight excluding hydrogens is 416 g/mol. The second-order valence-corrected chi connectivity index (χ2v) is 7.90. The lowest BCUT2D eigenvalue weighted by Gasteiger charge is -2.21. The molecule has 0 spiro atoms. The van der Waals surface area contributed by atoms with Crippen LogP contribution in [-0.4, -0.2) is 41.2 Å². The van der Waals surface area contributed by atoms with Crippen LogP contribution in [0, 0.1) is 0 Å². The van der Waals surface area contributed by atoms with E-state index >= 15 is 0 Å². The van der Waals surface area contributed by atoms with E-state index < -0.39 is 0 Å². The maximum Gasteiger partial charge on any atom is 0.255 e. The van der Waals surface area contributed by atoms with E-state index in [4.69, 9.17) is 10.5 Å². The van der Waals surface area contributed by atoms with Gasteiger partial charge < -0.3 is 25.9 Å². The molecule has 3 aromatic carbocycles. The molecular formula is C26H28N4O3. The van der Waals surface area contributed by atoms with Crippen LogP contribution < -0.4 is 15.8 Å². The van der Waals surface area contributed by atoms with Crippen molar-refractivity contribution in [3.8, 4) is 5.75 Å². The fraction of sp³-hybridized carbons (Fsp3) is 0.192. The van der Waals surface area contributed by atoms with Crippen LogP contribution in [0.4, 0.5) is 11.4 Å². The number of aliphatic hydroxyl groups excluding tert-OH is 1. The number of hydrogen-bond donors (Lipinski definition) is 4. The fourth-order valence-corrected chi connectivity index (χ4v) is 3.84. The molecule has 5 N–H and O–H groups in total. The summed E-state index contributed by atoms with van der Waals surface area (Å²) in [4.78, 5) is 18.0. The smallest absolute Gasteiger partial charge is 0.255 e. The molecule has 0 aliphatic rings. The summed E-state index contributed by atoms with van der Waals surface area (Å²) < 4.78 is 5.36. The number of rotatable bonds is 9. The zero-order valence-electron chi connectivity index (χ0n) is 18.5. The minimum atomic E-state index is -0.209. The van der Waals surface area contributed by atoms with Crippen LogP contribution in [-0.2, 0) is 13.1 Å². The van der Waals surface area contributed by atoms with E-state index in [1.54, 1.807) is 31.4 Å². The zero-order valence-corrected chi connectivity index (χ0v) is 18.5. The topological polar surface area (TPSA) is 104 Å². The van der Waals surface area contributed by atoms with Crippen molar-refractivity contribution in [2.45, 2.75) is 13.1 Å². The molecule has 170 valence electrons. The Balaban J connectivity index is 1.45. The number of hydrogen-bond acceptors (Lipinski definition) is 5. The number of aromatic amines is 1. The van der Waals surface area contributed by atoms with Crippen molar-refractivity contribution in [3.63, 3.8) is 0 Å². The number of carbonyl (C=O) groups excluding carboxylic acids is 1. The molecule has 1 heterocycles. The number of fused-ring (bicyclic) bond motifs is 1. The number of benzene rings is 3. The Labute approximate surface area is 192 Å². The molecule has 0 bridgehead atoms. The van der Waals surface area contributed by atoms with Gasteiger partial charge in [-0.15, -0.1) is 0 Å². The Bertz CT molecular complexity index is 1230. The van der Waals surface area contributed by atoms with Crippen molar-refractivity contribution < 1.29 is 14.6 Å². The summed E-state index contributed by atoms with van der Waals surface area (Å²) >= 11 is 0. The maximum atomic E-state index is 12.6. The molecule has 0 saturated carbocycles. The normalized spacial score (nSPS) is 11.1. The Morgan fingerprint density at radius 1 is 1.09 bits per heavy atom. The predicted molar refractivity (Wildman–Crippen MR) is 131 cm³/mol. The summed E-state index contributed by atoms with van der Waals surface area (Å²) in [6.07, 6.45) is 2.00. The summed E-state index contributed by atoms with van der Waals surface area (Å²) in [5.41, 5.74) is 10.8. The Hall–Kier alpha value is -3.81. The lowest BCUT2D eigenvalue weighted by atomic mass is 10.1. The van der Waals surface area contributed by atoms with E-state index in [-0.39, 0.29) is 12.5 Å². The van der Waals surface area contributed by atoms with Crippen LogP contribution in [0.15, 0.2) is 72.9 Å². The lowest BCUT2D eigenvalue weighted by Crippen LogP contribution is -2.26. The van der Waals surface area contributed by atoms with Gasteiger partial charge in [-0.2, -0.15) is 0 Å². The number of anilines is 2. The maximum absolute atomic E-state index is 12.6. The van der Waals surface area contributed by atoms with Gasteiger partial charge in [0.05, 0.1) is 25.1 Å². The molecule has 0 unspecified atom stereocenters. The minimum absolute atomic E-state index is 0.0602. The Morgan fingerprint density at radius 3 is 2.61 bits per heavy atom. The molecule has 0 aliphatic carbocycles. The first-order chi connectivity index (χ1) is 16.1. The minimum Gasteiger partial charge on any atom is -0.497 e. The van der Waals surface area contributed by atoms with Gasteiger partial charge in [-0.25, -0.2) is 0 Å². The third-order valence-electron chi connectivity index (χ3n) is 5.62. The van der Waals surface area contributed by atoms with Crippen molar-refractivity contribution in [1.82, 2.24) is 9.88 Å². The summed E-state index contributed by atoms with van der Waals surface area (Å²) in [5, 5.41) is 13.5. The van der Waals surface area contributed by atoms with E-state index in [2.05, 4.69) is 15.2 Å². The van der Waals surface area contributed by atoms with Crippen molar-refractivity contribution in [2.75, 3.05) is 31.3 Å². The molecule has 7 heteroatoms. The number of nitrogens with one attached hydrogen (secondary N) is 2. The van der Waals surface area contributed by atoms with E-state index in [9.17, 15) is 9.90 Å². The van der Waals surface area contributed by atoms with Crippen LogP contribution >= 0.6 is 0 Å². The highest BCUT2D eigenvalue weighted by Crippen LogP contribution is 2.25. The third-order valence-corrected chi connectivity index (χ3v) is 5.62. The average Bonchev–Trinajstić information content (AvgIpc) is 3.23. The number of aliphatic hydroxyl groups is 1. The second kappa shape index (κ2) is 10.2. The SMILES string of the molecule is COc1ccc2[nH]cc(CN(CCO)Cc3ccc(C(=O)Nc4ccccc4N)cc3)c2c1. The van der Waals surface area contributed by atoms with Crippen LogP contribution in [0.5, 0.6) is 5.75 Å². The number of methoxy groups -OCH3 is 1. The molecule has 33 heavy (non-hydrogen) atoms. The average molecular weight is 445 g/mol. The molecule has 0 saturated heterocycles. The second-order valence-electron chi connectivity index (χ2n) is 7.90. The molecule has 1 aromatic heterocycles. The largest absolute Gasteiger partial charge is 0.497 e. The standard InChI is InChI=1S/C26H28N4O3/c1-33-21-10-11-24-22(14-21)20(15-28-24)17-30(12-13-31)16-18-6-8-19(9-7-18)26(32)29-25-5-3-2-4-23(25)27/h2-11,14-15,28,31H,12-13,16-17,27H2,1H3,(H,29,32). The van der Waals surface area contributed by atoms with Gasteiger partial charge in [-0.1, -0.05) is 24.3 Å². The number of nitrogen functional groups attached to an aromatic ring is 1. The highest BCUT2D eigenvalue weighted by Gasteiger charge is 2.13. The number of amides is 1. The highest BCUT2D eigenvalue weighted by atomic mass is 16.5. The molecule has 1 amide bonds. The molecule has 0 fully saturated rings. The first-order valence-electron chi connectivity index (χ1n) is 10.8. The molecule has 4 rings (SSSR count). The number of nitrogens with zero attached hydrogens (tertiary/aromatic N) is 1. The molecule has 7 nitrogen and oxygen atoms in total. The predicted octanol–water partition coefficient (Wildman–Crippen LogP) is 4.01. The number of para-hydroxylation sites is 2. The van der Waals surface area contributed by atoms with Gasteiger partial charge in [-0.05, 0) is 53.6 Å². The molecule has 0 aliphatic heterocycles. The van der Waals surface area contributed by atoms with Crippen LogP contribution in [0.3, 0.4) is 0 Å². The first kappa shape index (κ1) is 22.4. The highest BCUT2D eigenvalue weighted by molar-refractivity contribution is 6.05. The van der Waals surface area contributed by atoms with Crippen LogP contribution in [0.25, 0.3) is 10.9 Å². The Morgan fingerprint density at radius 2 is 1.88 bits per heavy atom. The van der Waals surface area contributed by atoms with Gasteiger partial charge in [0.25, 0.3) is 5.91 Å². The van der Waals surface area contributed by atoms with Gasteiger partial charge in [0, 0.05) is 42.3 Å². The molecule has 0 radical (unpaired) electrons. The van der Waals surface area contributed by atoms with Crippen molar-refractivity contribution in [2.24, 2.45) is 0 Å². The van der Waals surface area contributed by atoms with Crippen molar-refractivity contribution in [1.29, 1.82) is 0 Å². The quantitative estimate of drug-likeness (QED) is 0.292. The van der Waals surface area contributed by atoms with Gasteiger partial charge in [0.15, 0.2) is 0 Å². The molecule has 4 aromatic rings. The summed E-state index contributed by atoms with van der Waals surface area (Å²) in [6.45, 7) is 1.91. The van der Waals surface area contributed by atoms with Gasteiger partial charge in [0.1, 0.15) is 5.75 Å². The first-order valence-corrected chi connectivity index (χ1v) is 10.8. The number of aromatic nitrogens is 1. The van der Waals surface area contributed by atoms with Crippen molar-refractivity contribution >= 4 is 28.2 Å². The van der Waals surface area contributed by atoms with E-state index in [0.29, 0.717) is 36.6 Å². The summed E-state index contributed by atoms with van der Waals surface area (Å²) in [7, 11) is 1.66. The lowest BCUT2D eigenvalue weighted by molar-refractivity contribution is 0.102.